The molecular weight excluding hydrogens is 336 g/mol. The number of nitrogens with one attached hydrogen (secondary N) is 2. The third-order valence-electron chi connectivity index (χ3n) is 4.95. The first kappa shape index (κ1) is 23.4. The molecule has 3 N–H and O–H groups in total. The smallest absolute Gasteiger partial charge is 0.191 e. The Morgan fingerprint density at radius 1 is 1.04 bits per heavy atom. The molecule has 1 unspecified atom stereocenters. The van der Waals surface area contributed by atoms with Gasteiger partial charge in [-0.3, -0.25) is 4.90 Å². The van der Waals surface area contributed by atoms with Crippen LogP contribution in [0.1, 0.15) is 58.1 Å². The standard InChI is InChI=1S/C22H40N4O/c1-5-11-19(14-15-27)16-24-22(23-6-2)25-17-20-12-9-10-13-21(20)18-26(7-3)8-4/h9-10,12-13,19,27H,5-8,11,14-18H2,1-4H3,(H2,23,24,25). The van der Waals surface area contributed by atoms with Crippen LogP contribution in [-0.2, 0) is 13.1 Å². The molecule has 0 heterocycles. The molecule has 1 aromatic carbocycles. The van der Waals surface area contributed by atoms with Crippen LogP contribution < -0.4 is 10.6 Å². The Balaban J connectivity index is 2.77. The summed E-state index contributed by atoms with van der Waals surface area (Å²) >= 11 is 0. The monoisotopic (exact) mass is 376 g/mol. The van der Waals surface area contributed by atoms with Gasteiger partial charge in [0.2, 0.25) is 0 Å². The van der Waals surface area contributed by atoms with Crippen LogP contribution in [0, 0.1) is 5.92 Å². The molecule has 0 amide bonds. The molecule has 0 fully saturated rings. The molecule has 0 radical (unpaired) electrons. The van der Waals surface area contributed by atoms with Crippen LogP contribution in [0.15, 0.2) is 29.3 Å². The molecule has 1 rings (SSSR count). The van der Waals surface area contributed by atoms with Crippen LogP contribution in [-0.4, -0.2) is 48.8 Å². The first-order chi connectivity index (χ1) is 13.2. The number of aliphatic hydroxyl groups excluding tert-OH is 1. The van der Waals surface area contributed by atoms with Gasteiger partial charge in [-0.25, -0.2) is 4.99 Å². The Morgan fingerprint density at radius 2 is 1.74 bits per heavy atom. The minimum absolute atomic E-state index is 0.249. The Morgan fingerprint density at radius 3 is 2.33 bits per heavy atom. The van der Waals surface area contributed by atoms with E-state index in [2.05, 4.69) is 67.5 Å². The van der Waals surface area contributed by atoms with Crippen LogP contribution >= 0.6 is 0 Å². The highest BCUT2D eigenvalue weighted by atomic mass is 16.3. The second kappa shape index (κ2) is 14.5. The van der Waals surface area contributed by atoms with E-state index in [1.807, 2.05) is 0 Å². The second-order valence-electron chi connectivity index (χ2n) is 6.97. The van der Waals surface area contributed by atoms with E-state index in [9.17, 15) is 5.11 Å². The molecule has 1 aromatic rings. The Hall–Kier alpha value is -1.59. The quantitative estimate of drug-likeness (QED) is 0.365. The summed E-state index contributed by atoms with van der Waals surface area (Å²) < 4.78 is 0. The minimum Gasteiger partial charge on any atom is -0.396 e. The van der Waals surface area contributed by atoms with Crippen LogP contribution in [0.25, 0.3) is 0 Å². The molecule has 0 spiro atoms. The Labute approximate surface area is 166 Å². The summed E-state index contributed by atoms with van der Waals surface area (Å²) in [4.78, 5) is 7.24. The highest BCUT2D eigenvalue weighted by Gasteiger charge is 2.09. The van der Waals surface area contributed by atoms with Gasteiger partial charge in [0.1, 0.15) is 0 Å². The number of rotatable bonds is 13. The van der Waals surface area contributed by atoms with Gasteiger partial charge in [-0.05, 0) is 49.9 Å². The molecule has 27 heavy (non-hydrogen) atoms. The zero-order chi connectivity index (χ0) is 19.9. The van der Waals surface area contributed by atoms with Crippen molar-refractivity contribution in [1.29, 1.82) is 0 Å². The molecule has 5 heteroatoms. The van der Waals surface area contributed by atoms with Gasteiger partial charge in [0.15, 0.2) is 5.96 Å². The number of benzene rings is 1. The molecule has 1 atom stereocenters. The first-order valence-corrected chi connectivity index (χ1v) is 10.6. The van der Waals surface area contributed by atoms with Crippen molar-refractivity contribution in [3.8, 4) is 0 Å². The SMILES string of the molecule is CCCC(CCO)CNC(=NCc1ccccc1CN(CC)CC)NCC. The van der Waals surface area contributed by atoms with E-state index in [1.54, 1.807) is 0 Å². The van der Waals surface area contributed by atoms with Gasteiger partial charge in [0.05, 0.1) is 6.54 Å². The van der Waals surface area contributed by atoms with Crippen molar-refractivity contribution < 1.29 is 5.11 Å². The number of hydrogen-bond acceptors (Lipinski definition) is 3. The molecular formula is C22H40N4O. The predicted molar refractivity (Wildman–Crippen MR) is 116 cm³/mol. The van der Waals surface area contributed by atoms with Crippen molar-refractivity contribution in [2.24, 2.45) is 10.9 Å². The van der Waals surface area contributed by atoms with E-state index >= 15 is 0 Å². The fourth-order valence-electron chi connectivity index (χ4n) is 3.24. The minimum atomic E-state index is 0.249. The molecule has 0 aliphatic carbocycles. The molecule has 154 valence electrons. The maximum absolute atomic E-state index is 9.25. The van der Waals surface area contributed by atoms with Crippen molar-refractivity contribution in [3.05, 3.63) is 35.4 Å². The molecule has 0 aromatic heterocycles. The molecule has 0 saturated carbocycles. The highest BCUT2D eigenvalue weighted by molar-refractivity contribution is 5.79. The third-order valence-corrected chi connectivity index (χ3v) is 4.95. The first-order valence-electron chi connectivity index (χ1n) is 10.6. The highest BCUT2D eigenvalue weighted by Crippen LogP contribution is 2.13. The molecule has 5 nitrogen and oxygen atoms in total. The summed E-state index contributed by atoms with van der Waals surface area (Å²) in [5.74, 6) is 1.34. The van der Waals surface area contributed by atoms with Gasteiger partial charge in [0, 0.05) is 26.2 Å². The Kier molecular flexibility index (Phi) is 12.6. The van der Waals surface area contributed by atoms with E-state index < -0.39 is 0 Å². The van der Waals surface area contributed by atoms with Crippen molar-refractivity contribution in [2.75, 3.05) is 32.8 Å². The van der Waals surface area contributed by atoms with E-state index in [1.165, 1.54) is 11.1 Å². The summed E-state index contributed by atoms with van der Waals surface area (Å²) in [5.41, 5.74) is 2.63. The number of aliphatic imine (C=N–C) groups is 1. The van der Waals surface area contributed by atoms with Crippen molar-refractivity contribution in [2.45, 2.75) is 60.0 Å². The van der Waals surface area contributed by atoms with Gasteiger partial charge in [-0.1, -0.05) is 51.5 Å². The lowest BCUT2D eigenvalue weighted by molar-refractivity contribution is 0.251. The normalized spacial score (nSPS) is 13.0. The summed E-state index contributed by atoms with van der Waals surface area (Å²) in [6.45, 7) is 14.4. The third kappa shape index (κ3) is 9.25. The van der Waals surface area contributed by atoms with E-state index in [4.69, 9.17) is 4.99 Å². The maximum atomic E-state index is 9.25. The molecule has 0 bridgehead atoms. The average molecular weight is 377 g/mol. The van der Waals surface area contributed by atoms with Gasteiger partial charge in [-0.2, -0.15) is 0 Å². The van der Waals surface area contributed by atoms with E-state index in [0.29, 0.717) is 12.5 Å². The lowest BCUT2D eigenvalue weighted by Gasteiger charge is -2.20. The van der Waals surface area contributed by atoms with Gasteiger partial charge in [0.25, 0.3) is 0 Å². The number of guanidine groups is 1. The fourth-order valence-corrected chi connectivity index (χ4v) is 3.24. The summed E-state index contributed by atoms with van der Waals surface area (Å²) in [5, 5.41) is 16.1. The van der Waals surface area contributed by atoms with Crippen molar-refractivity contribution in [3.63, 3.8) is 0 Å². The number of aliphatic hydroxyl groups is 1. The van der Waals surface area contributed by atoms with Gasteiger partial charge >= 0.3 is 0 Å². The Bertz CT molecular complexity index is 523. The van der Waals surface area contributed by atoms with Crippen LogP contribution in [0.5, 0.6) is 0 Å². The topological polar surface area (TPSA) is 59.9 Å². The molecule has 0 aliphatic rings. The lowest BCUT2D eigenvalue weighted by Crippen LogP contribution is -2.40. The molecule has 0 aliphatic heterocycles. The van der Waals surface area contributed by atoms with Crippen LogP contribution in [0.3, 0.4) is 0 Å². The summed E-state index contributed by atoms with van der Waals surface area (Å²) in [6, 6.07) is 8.59. The zero-order valence-electron chi connectivity index (χ0n) is 17.8. The fraction of sp³-hybridized carbons (Fsp3) is 0.682. The number of hydrogen-bond donors (Lipinski definition) is 3. The zero-order valence-corrected chi connectivity index (χ0v) is 17.8. The van der Waals surface area contributed by atoms with Crippen LogP contribution in [0.2, 0.25) is 0 Å². The van der Waals surface area contributed by atoms with Crippen LogP contribution in [0.4, 0.5) is 0 Å². The summed E-state index contributed by atoms with van der Waals surface area (Å²) in [6.07, 6.45) is 3.10. The maximum Gasteiger partial charge on any atom is 0.191 e. The van der Waals surface area contributed by atoms with Crippen molar-refractivity contribution in [1.82, 2.24) is 15.5 Å². The molecule has 0 saturated heterocycles. The second-order valence-corrected chi connectivity index (χ2v) is 6.97. The van der Waals surface area contributed by atoms with Gasteiger partial charge in [-0.15, -0.1) is 0 Å². The largest absolute Gasteiger partial charge is 0.396 e. The van der Waals surface area contributed by atoms with Gasteiger partial charge < -0.3 is 15.7 Å². The van der Waals surface area contributed by atoms with Crippen molar-refractivity contribution >= 4 is 5.96 Å². The average Bonchev–Trinajstić information content (AvgIpc) is 2.69. The predicted octanol–water partition coefficient (Wildman–Crippen LogP) is 3.38. The number of nitrogens with zero attached hydrogens (tertiary/aromatic N) is 2. The van der Waals surface area contributed by atoms with E-state index in [0.717, 1.165) is 57.9 Å². The summed E-state index contributed by atoms with van der Waals surface area (Å²) in [7, 11) is 0. The van der Waals surface area contributed by atoms with E-state index in [-0.39, 0.29) is 6.61 Å². The lowest BCUT2D eigenvalue weighted by atomic mass is 10.0.